The van der Waals surface area contributed by atoms with Gasteiger partial charge in [-0.15, -0.1) is 11.3 Å². The summed E-state index contributed by atoms with van der Waals surface area (Å²) in [6, 6.07) is 5.90. The molecule has 1 aromatic carbocycles. The minimum absolute atomic E-state index is 0.126. The number of aromatic nitrogens is 4. The van der Waals surface area contributed by atoms with Crippen LogP contribution in [-0.2, 0) is 13.1 Å². The van der Waals surface area contributed by atoms with Crippen molar-refractivity contribution in [3.8, 4) is 0 Å². The van der Waals surface area contributed by atoms with Gasteiger partial charge in [-0.2, -0.15) is 5.10 Å². The first-order chi connectivity index (χ1) is 12.2. The molecule has 0 unspecified atom stereocenters. The number of anilines is 1. The highest BCUT2D eigenvalue weighted by Gasteiger charge is 2.22. The summed E-state index contributed by atoms with van der Waals surface area (Å²) in [4.78, 5) is 23.4. The highest BCUT2D eigenvalue weighted by molar-refractivity contribution is 7.24. The quantitative estimate of drug-likeness (QED) is 0.557. The number of carbonyl (C=O) groups is 1. The summed E-state index contributed by atoms with van der Waals surface area (Å²) in [5.41, 5.74) is 5.70. The number of amides is 2. The number of thiazole rings is 2. The molecule has 4 aromatic rings. The molecule has 0 radical (unpaired) electrons. The predicted octanol–water partition coefficient (Wildman–Crippen LogP) is 3.46. The van der Waals surface area contributed by atoms with E-state index in [0.717, 1.165) is 38.4 Å². The summed E-state index contributed by atoms with van der Waals surface area (Å²) in [6.07, 6.45) is 0. The third-order valence-electron chi connectivity index (χ3n) is 4.28. The van der Waals surface area contributed by atoms with E-state index in [1.807, 2.05) is 35.3 Å². The van der Waals surface area contributed by atoms with E-state index in [2.05, 4.69) is 20.4 Å². The molecule has 0 spiro atoms. The molecule has 0 saturated heterocycles. The number of benzene rings is 1. The molecular formula is C16H14N6OS2. The molecule has 5 rings (SSSR count). The zero-order valence-corrected chi connectivity index (χ0v) is 15.0. The van der Waals surface area contributed by atoms with Crippen molar-refractivity contribution in [3.05, 3.63) is 35.1 Å². The second-order valence-electron chi connectivity index (χ2n) is 5.98. The van der Waals surface area contributed by atoms with Crippen molar-refractivity contribution in [3.63, 3.8) is 0 Å². The van der Waals surface area contributed by atoms with E-state index < -0.39 is 0 Å². The molecular weight excluding hydrogens is 356 g/mol. The first-order valence-electron chi connectivity index (χ1n) is 7.89. The Kier molecular flexibility index (Phi) is 3.25. The second-order valence-corrected chi connectivity index (χ2v) is 7.87. The minimum atomic E-state index is -0.126. The Hall–Kier alpha value is -2.52. The van der Waals surface area contributed by atoms with E-state index in [4.69, 9.17) is 0 Å². The van der Waals surface area contributed by atoms with Crippen molar-refractivity contribution in [2.45, 2.75) is 20.0 Å². The predicted molar refractivity (Wildman–Crippen MR) is 99.2 cm³/mol. The second kappa shape index (κ2) is 5.50. The molecule has 2 amide bonds. The number of hydrogen-bond donors (Lipinski definition) is 1. The van der Waals surface area contributed by atoms with Crippen molar-refractivity contribution in [1.29, 1.82) is 0 Å². The number of rotatable bonds is 1. The molecule has 4 heterocycles. The number of aryl methyl sites for hydroxylation is 1. The van der Waals surface area contributed by atoms with Gasteiger partial charge in [0.1, 0.15) is 5.52 Å². The van der Waals surface area contributed by atoms with Crippen molar-refractivity contribution >= 4 is 54.3 Å². The largest absolute Gasteiger partial charge is 0.324 e. The monoisotopic (exact) mass is 370 g/mol. The molecule has 0 atom stereocenters. The van der Waals surface area contributed by atoms with Gasteiger partial charge in [0.25, 0.3) is 0 Å². The van der Waals surface area contributed by atoms with Crippen LogP contribution in [0.1, 0.15) is 11.4 Å². The van der Waals surface area contributed by atoms with Crippen LogP contribution in [0.5, 0.6) is 0 Å². The Morgan fingerprint density at radius 1 is 1.32 bits per heavy atom. The third kappa shape index (κ3) is 2.47. The van der Waals surface area contributed by atoms with Gasteiger partial charge in [-0.05, 0) is 25.1 Å². The van der Waals surface area contributed by atoms with Crippen LogP contribution in [-0.4, -0.2) is 37.2 Å². The van der Waals surface area contributed by atoms with Crippen LogP contribution < -0.4 is 5.32 Å². The van der Waals surface area contributed by atoms with Crippen LogP contribution in [0.15, 0.2) is 23.7 Å². The molecule has 1 N–H and O–H groups in total. The fraction of sp³-hybridized carbons (Fsp3) is 0.250. The normalized spacial score (nSPS) is 14.2. The van der Waals surface area contributed by atoms with Gasteiger partial charge in [-0.25, -0.2) is 14.8 Å². The molecule has 1 aliphatic heterocycles. The van der Waals surface area contributed by atoms with Crippen molar-refractivity contribution in [2.24, 2.45) is 0 Å². The zero-order chi connectivity index (χ0) is 17.0. The van der Waals surface area contributed by atoms with Gasteiger partial charge >= 0.3 is 6.03 Å². The lowest BCUT2D eigenvalue weighted by molar-refractivity contribution is 0.194. The average Bonchev–Trinajstić information content (AvgIpc) is 3.29. The first-order valence-corrected chi connectivity index (χ1v) is 9.59. The maximum absolute atomic E-state index is 12.6. The molecule has 7 nitrogen and oxygen atoms in total. The minimum Gasteiger partial charge on any atom is -0.317 e. The molecule has 0 aliphatic carbocycles. The van der Waals surface area contributed by atoms with Gasteiger partial charge < -0.3 is 4.90 Å². The Labute approximate surface area is 150 Å². The number of hydrogen-bond acceptors (Lipinski definition) is 6. The Bertz CT molecular complexity index is 1110. The van der Waals surface area contributed by atoms with E-state index in [1.165, 1.54) is 11.3 Å². The zero-order valence-electron chi connectivity index (χ0n) is 13.4. The van der Waals surface area contributed by atoms with Crippen molar-refractivity contribution in [1.82, 2.24) is 24.6 Å². The van der Waals surface area contributed by atoms with Gasteiger partial charge in [-0.1, -0.05) is 11.3 Å². The Morgan fingerprint density at radius 2 is 2.24 bits per heavy atom. The van der Waals surface area contributed by atoms with Gasteiger partial charge in [-0.3, -0.25) is 10.00 Å². The number of fused-ring (bicyclic) bond motifs is 4. The summed E-state index contributed by atoms with van der Waals surface area (Å²) >= 11 is 3.08. The molecule has 3 aromatic heterocycles. The SMILES string of the molecule is Cc1cc2n(n1)CCN(C(=O)Nc1nc3ccc4scnc4c3s1)C2. The Balaban J connectivity index is 1.40. The lowest BCUT2D eigenvalue weighted by atomic mass is 10.3. The highest BCUT2D eigenvalue weighted by Crippen LogP contribution is 2.33. The maximum Gasteiger partial charge on any atom is 0.324 e. The van der Waals surface area contributed by atoms with Crippen LogP contribution in [0.2, 0.25) is 0 Å². The van der Waals surface area contributed by atoms with Crippen LogP contribution in [0, 0.1) is 6.92 Å². The lowest BCUT2D eigenvalue weighted by Gasteiger charge is -2.27. The maximum atomic E-state index is 12.6. The third-order valence-corrected chi connectivity index (χ3v) is 6.06. The van der Waals surface area contributed by atoms with Gasteiger partial charge in [0.2, 0.25) is 0 Å². The van der Waals surface area contributed by atoms with Crippen LogP contribution in [0.3, 0.4) is 0 Å². The summed E-state index contributed by atoms with van der Waals surface area (Å²) in [5, 5.41) is 7.97. The van der Waals surface area contributed by atoms with E-state index >= 15 is 0 Å². The van der Waals surface area contributed by atoms with Crippen LogP contribution in [0.4, 0.5) is 9.93 Å². The topological polar surface area (TPSA) is 75.9 Å². The summed E-state index contributed by atoms with van der Waals surface area (Å²) in [6.45, 7) is 3.89. The molecule has 0 saturated carbocycles. The van der Waals surface area contributed by atoms with Gasteiger partial charge in [0, 0.05) is 6.54 Å². The average molecular weight is 370 g/mol. The summed E-state index contributed by atoms with van der Waals surface area (Å²) in [7, 11) is 0. The fourth-order valence-corrected chi connectivity index (χ4v) is 4.82. The lowest BCUT2D eigenvalue weighted by Crippen LogP contribution is -2.40. The van der Waals surface area contributed by atoms with E-state index in [0.29, 0.717) is 18.2 Å². The smallest absolute Gasteiger partial charge is 0.317 e. The van der Waals surface area contributed by atoms with Crippen molar-refractivity contribution < 1.29 is 4.79 Å². The van der Waals surface area contributed by atoms with E-state index in [1.54, 1.807) is 16.2 Å². The van der Waals surface area contributed by atoms with Gasteiger partial charge in [0.05, 0.1) is 44.9 Å². The van der Waals surface area contributed by atoms with Crippen LogP contribution in [0.25, 0.3) is 20.4 Å². The summed E-state index contributed by atoms with van der Waals surface area (Å²) in [5.74, 6) is 0. The first kappa shape index (κ1) is 14.8. The summed E-state index contributed by atoms with van der Waals surface area (Å²) < 4.78 is 4.12. The number of urea groups is 1. The number of nitrogens with one attached hydrogen (secondary N) is 1. The van der Waals surface area contributed by atoms with E-state index in [-0.39, 0.29) is 6.03 Å². The van der Waals surface area contributed by atoms with Crippen molar-refractivity contribution in [2.75, 3.05) is 11.9 Å². The fourth-order valence-electron chi connectivity index (χ4n) is 3.12. The number of carbonyl (C=O) groups excluding carboxylic acids is 1. The standard InChI is InChI=1S/C16H14N6OS2/c1-9-6-10-7-21(4-5-22(10)20-9)16(23)19-15-18-11-2-3-12-13(14(11)25-15)17-8-24-12/h2-3,6,8H,4-5,7H2,1H3,(H,18,19,23). The molecule has 1 aliphatic rings. The molecule has 9 heteroatoms. The Morgan fingerprint density at radius 3 is 3.16 bits per heavy atom. The molecule has 126 valence electrons. The molecule has 0 bridgehead atoms. The van der Waals surface area contributed by atoms with E-state index in [9.17, 15) is 4.79 Å². The van der Waals surface area contributed by atoms with Crippen LogP contribution >= 0.6 is 22.7 Å². The molecule has 0 fully saturated rings. The highest BCUT2D eigenvalue weighted by atomic mass is 32.1. The number of nitrogens with zero attached hydrogens (tertiary/aromatic N) is 5. The van der Waals surface area contributed by atoms with Gasteiger partial charge in [0.15, 0.2) is 5.13 Å². The molecule has 25 heavy (non-hydrogen) atoms.